The summed E-state index contributed by atoms with van der Waals surface area (Å²) in [6.45, 7) is 3.39. The molecule has 0 heterocycles. The Hall–Kier alpha value is -0.820. The van der Waals surface area contributed by atoms with Crippen LogP contribution in [0.25, 0.3) is 0 Å². The molecular weight excluding hydrogens is 182 g/mol. The van der Waals surface area contributed by atoms with E-state index in [1.807, 2.05) is 0 Å². The van der Waals surface area contributed by atoms with Crippen LogP contribution in [0.15, 0.2) is 24.3 Å². The summed E-state index contributed by atoms with van der Waals surface area (Å²) in [5, 5.41) is 3.33. The molecule has 0 saturated heterocycles. The summed E-state index contributed by atoms with van der Waals surface area (Å²) in [5.41, 5.74) is 2.98. The zero-order valence-electron chi connectivity index (χ0n) is 9.79. The number of aryl methyl sites for hydroxylation is 1. The van der Waals surface area contributed by atoms with Crippen molar-refractivity contribution in [2.24, 2.45) is 11.8 Å². The Labute approximate surface area is 92.9 Å². The van der Waals surface area contributed by atoms with Crippen LogP contribution in [0, 0.1) is 18.8 Å². The Balaban J connectivity index is 2.02. The Bertz CT molecular complexity index is 315. The van der Waals surface area contributed by atoms with E-state index in [-0.39, 0.29) is 0 Å². The van der Waals surface area contributed by atoms with E-state index in [0.29, 0.717) is 0 Å². The Morgan fingerprint density at radius 3 is 2.67 bits per heavy atom. The molecule has 1 aromatic rings. The van der Waals surface area contributed by atoms with Gasteiger partial charge >= 0.3 is 0 Å². The Morgan fingerprint density at radius 2 is 2.07 bits per heavy atom. The van der Waals surface area contributed by atoms with Gasteiger partial charge in [-0.2, -0.15) is 0 Å². The van der Waals surface area contributed by atoms with Crippen molar-refractivity contribution in [1.29, 1.82) is 0 Å². The van der Waals surface area contributed by atoms with Gasteiger partial charge in [0.05, 0.1) is 0 Å². The second-order valence-corrected chi connectivity index (χ2v) is 4.79. The molecule has 15 heavy (non-hydrogen) atoms. The molecule has 1 aliphatic rings. The van der Waals surface area contributed by atoms with Gasteiger partial charge in [0.25, 0.3) is 0 Å². The fourth-order valence-corrected chi connectivity index (χ4v) is 2.36. The lowest BCUT2D eigenvalue weighted by molar-refractivity contribution is 0.439. The largest absolute Gasteiger partial charge is 0.319 e. The summed E-state index contributed by atoms with van der Waals surface area (Å²) < 4.78 is 0. The Kier molecular flexibility index (Phi) is 3.42. The van der Waals surface area contributed by atoms with Crippen molar-refractivity contribution in [3.05, 3.63) is 35.4 Å². The molecule has 1 saturated carbocycles. The summed E-state index contributed by atoms with van der Waals surface area (Å²) in [6.07, 6.45) is 4.13. The summed E-state index contributed by atoms with van der Waals surface area (Å²) in [4.78, 5) is 0. The number of nitrogens with one attached hydrogen (secondary N) is 1. The minimum atomic E-state index is 0.844. The minimum absolute atomic E-state index is 0.844. The lowest BCUT2D eigenvalue weighted by Crippen LogP contribution is -2.22. The average molecular weight is 203 g/mol. The predicted octanol–water partition coefficient (Wildman–Crippen LogP) is 2.78. The molecule has 0 spiro atoms. The highest BCUT2D eigenvalue weighted by Crippen LogP contribution is 2.38. The molecular formula is C14H21N. The maximum Gasteiger partial charge on any atom is -0.00177 e. The van der Waals surface area contributed by atoms with E-state index >= 15 is 0 Å². The summed E-state index contributed by atoms with van der Waals surface area (Å²) in [5.74, 6) is 1.83. The van der Waals surface area contributed by atoms with Gasteiger partial charge in [-0.25, -0.2) is 0 Å². The smallest absolute Gasteiger partial charge is 0.00177 e. The van der Waals surface area contributed by atoms with E-state index in [2.05, 4.69) is 43.6 Å². The van der Waals surface area contributed by atoms with Gasteiger partial charge in [-0.1, -0.05) is 24.3 Å². The zero-order valence-corrected chi connectivity index (χ0v) is 9.79. The highest BCUT2D eigenvalue weighted by atomic mass is 14.8. The molecule has 1 atom stereocenters. The third-order valence-corrected chi connectivity index (χ3v) is 3.50. The van der Waals surface area contributed by atoms with E-state index in [1.54, 1.807) is 0 Å². The van der Waals surface area contributed by atoms with E-state index in [0.717, 1.165) is 11.8 Å². The van der Waals surface area contributed by atoms with Crippen LogP contribution in [0.2, 0.25) is 0 Å². The maximum absolute atomic E-state index is 3.33. The summed E-state index contributed by atoms with van der Waals surface area (Å²) in [6, 6.07) is 8.79. The SMILES string of the molecule is CNCC(Cc1ccccc1C)C1CC1. The van der Waals surface area contributed by atoms with Gasteiger partial charge in [-0.3, -0.25) is 0 Å². The molecule has 0 radical (unpaired) electrons. The Morgan fingerprint density at radius 1 is 1.33 bits per heavy atom. The third kappa shape index (κ3) is 2.82. The fraction of sp³-hybridized carbons (Fsp3) is 0.571. The van der Waals surface area contributed by atoms with E-state index in [1.165, 1.54) is 36.9 Å². The van der Waals surface area contributed by atoms with Crippen molar-refractivity contribution >= 4 is 0 Å². The molecule has 2 rings (SSSR count). The molecule has 0 aliphatic heterocycles. The minimum Gasteiger partial charge on any atom is -0.319 e. The lowest BCUT2D eigenvalue weighted by Gasteiger charge is -2.17. The van der Waals surface area contributed by atoms with Crippen LogP contribution >= 0.6 is 0 Å². The van der Waals surface area contributed by atoms with Crippen molar-refractivity contribution in [3.63, 3.8) is 0 Å². The molecule has 1 aliphatic carbocycles. The van der Waals surface area contributed by atoms with Crippen LogP contribution in [0.5, 0.6) is 0 Å². The van der Waals surface area contributed by atoms with Crippen molar-refractivity contribution in [3.8, 4) is 0 Å². The van der Waals surface area contributed by atoms with Gasteiger partial charge in [-0.15, -0.1) is 0 Å². The second kappa shape index (κ2) is 4.80. The molecule has 0 amide bonds. The molecule has 0 bridgehead atoms. The van der Waals surface area contributed by atoms with Crippen LogP contribution in [-0.2, 0) is 6.42 Å². The van der Waals surface area contributed by atoms with E-state index in [9.17, 15) is 0 Å². The summed E-state index contributed by atoms with van der Waals surface area (Å²) >= 11 is 0. The van der Waals surface area contributed by atoms with Gasteiger partial charge in [0.1, 0.15) is 0 Å². The molecule has 1 aromatic carbocycles. The van der Waals surface area contributed by atoms with Crippen LogP contribution in [-0.4, -0.2) is 13.6 Å². The topological polar surface area (TPSA) is 12.0 Å². The fourth-order valence-electron chi connectivity index (χ4n) is 2.36. The molecule has 0 aromatic heterocycles. The van der Waals surface area contributed by atoms with Crippen molar-refractivity contribution in [1.82, 2.24) is 5.32 Å². The second-order valence-electron chi connectivity index (χ2n) is 4.79. The van der Waals surface area contributed by atoms with Crippen molar-refractivity contribution in [2.75, 3.05) is 13.6 Å². The summed E-state index contributed by atoms with van der Waals surface area (Å²) in [7, 11) is 2.06. The molecule has 1 N–H and O–H groups in total. The van der Waals surface area contributed by atoms with Crippen LogP contribution < -0.4 is 5.32 Å². The normalized spacial score (nSPS) is 17.7. The number of hydrogen-bond donors (Lipinski definition) is 1. The van der Waals surface area contributed by atoms with Gasteiger partial charge in [-0.05, 0) is 62.7 Å². The van der Waals surface area contributed by atoms with Crippen LogP contribution in [0.1, 0.15) is 24.0 Å². The van der Waals surface area contributed by atoms with Gasteiger partial charge in [0.2, 0.25) is 0 Å². The highest BCUT2D eigenvalue weighted by Gasteiger charge is 2.30. The molecule has 1 fully saturated rings. The monoisotopic (exact) mass is 203 g/mol. The van der Waals surface area contributed by atoms with Crippen LogP contribution in [0.4, 0.5) is 0 Å². The standard InChI is InChI=1S/C14H21N/c1-11-5-3-4-6-13(11)9-14(10-15-2)12-7-8-12/h3-6,12,14-15H,7-10H2,1-2H3. The third-order valence-electron chi connectivity index (χ3n) is 3.50. The zero-order chi connectivity index (χ0) is 10.7. The first-order valence-electron chi connectivity index (χ1n) is 6.00. The van der Waals surface area contributed by atoms with Gasteiger partial charge in [0, 0.05) is 0 Å². The van der Waals surface area contributed by atoms with Crippen molar-refractivity contribution < 1.29 is 0 Å². The number of benzene rings is 1. The van der Waals surface area contributed by atoms with E-state index < -0.39 is 0 Å². The lowest BCUT2D eigenvalue weighted by atomic mass is 9.92. The van der Waals surface area contributed by atoms with Gasteiger partial charge in [0.15, 0.2) is 0 Å². The van der Waals surface area contributed by atoms with Crippen LogP contribution in [0.3, 0.4) is 0 Å². The predicted molar refractivity (Wildman–Crippen MR) is 65.0 cm³/mol. The molecule has 1 nitrogen and oxygen atoms in total. The first-order chi connectivity index (χ1) is 7.31. The number of hydrogen-bond acceptors (Lipinski definition) is 1. The first kappa shape index (κ1) is 10.7. The first-order valence-corrected chi connectivity index (χ1v) is 6.00. The van der Waals surface area contributed by atoms with Crippen molar-refractivity contribution in [2.45, 2.75) is 26.2 Å². The molecule has 82 valence electrons. The maximum atomic E-state index is 3.33. The van der Waals surface area contributed by atoms with E-state index in [4.69, 9.17) is 0 Å². The average Bonchev–Trinajstić information content (AvgIpc) is 3.04. The molecule has 1 heteroatoms. The molecule has 1 unspecified atom stereocenters. The number of rotatable bonds is 5. The van der Waals surface area contributed by atoms with Gasteiger partial charge < -0.3 is 5.32 Å². The quantitative estimate of drug-likeness (QED) is 0.776. The highest BCUT2D eigenvalue weighted by molar-refractivity contribution is 5.26.